The van der Waals surface area contributed by atoms with Crippen LogP contribution in [-0.2, 0) is 11.2 Å². The van der Waals surface area contributed by atoms with Crippen LogP contribution in [0.15, 0.2) is 24.3 Å². The summed E-state index contributed by atoms with van der Waals surface area (Å²) < 4.78 is 5.71. The maximum atomic E-state index is 6.00. The SMILES string of the molecule is CCC(N)Cc1ccc(N2CCOC(CC)C2)cc1. The fourth-order valence-electron chi connectivity index (χ4n) is 2.49. The average molecular weight is 262 g/mol. The molecule has 2 atom stereocenters. The molecule has 1 aromatic carbocycles. The molecule has 0 amide bonds. The fraction of sp³-hybridized carbons (Fsp3) is 0.625. The Hall–Kier alpha value is -1.06. The zero-order chi connectivity index (χ0) is 13.7. The maximum absolute atomic E-state index is 6.00. The van der Waals surface area contributed by atoms with Crippen LogP contribution in [0.5, 0.6) is 0 Å². The number of rotatable bonds is 5. The Balaban J connectivity index is 1.97. The van der Waals surface area contributed by atoms with E-state index in [1.165, 1.54) is 11.3 Å². The van der Waals surface area contributed by atoms with Crippen LogP contribution in [0.25, 0.3) is 0 Å². The normalized spacial score (nSPS) is 21.4. The molecule has 2 rings (SSSR count). The summed E-state index contributed by atoms with van der Waals surface area (Å²) >= 11 is 0. The minimum atomic E-state index is 0.277. The van der Waals surface area contributed by atoms with Gasteiger partial charge in [-0.15, -0.1) is 0 Å². The first kappa shape index (κ1) is 14.4. The monoisotopic (exact) mass is 262 g/mol. The van der Waals surface area contributed by atoms with Crippen molar-refractivity contribution in [1.82, 2.24) is 0 Å². The van der Waals surface area contributed by atoms with Gasteiger partial charge in [-0.2, -0.15) is 0 Å². The van der Waals surface area contributed by atoms with E-state index in [9.17, 15) is 0 Å². The molecule has 2 unspecified atom stereocenters. The lowest BCUT2D eigenvalue weighted by atomic mass is 10.0. The summed E-state index contributed by atoms with van der Waals surface area (Å²) in [6, 6.07) is 9.13. The van der Waals surface area contributed by atoms with Crippen molar-refractivity contribution in [3.8, 4) is 0 Å². The van der Waals surface area contributed by atoms with Crippen LogP contribution in [0.2, 0.25) is 0 Å². The predicted molar refractivity (Wildman–Crippen MR) is 80.7 cm³/mol. The van der Waals surface area contributed by atoms with Gasteiger partial charge in [-0.25, -0.2) is 0 Å². The van der Waals surface area contributed by atoms with E-state index in [2.05, 4.69) is 43.0 Å². The van der Waals surface area contributed by atoms with Crippen molar-refractivity contribution < 1.29 is 4.74 Å². The smallest absolute Gasteiger partial charge is 0.0748 e. The van der Waals surface area contributed by atoms with E-state index in [-0.39, 0.29) is 6.04 Å². The summed E-state index contributed by atoms with van der Waals surface area (Å²) in [6.45, 7) is 7.15. The number of benzene rings is 1. The molecule has 0 aromatic heterocycles. The van der Waals surface area contributed by atoms with Gasteiger partial charge in [-0.3, -0.25) is 0 Å². The van der Waals surface area contributed by atoms with E-state index >= 15 is 0 Å². The molecule has 3 heteroatoms. The quantitative estimate of drug-likeness (QED) is 0.886. The molecule has 1 aliphatic rings. The molecule has 0 spiro atoms. The number of nitrogens with two attached hydrogens (primary N) is 1. The van der Waals surface area contributed by atoms with Gasteiger partial charge in [-0.1, -0.05) is 26.0 Å². The lowest BCUT2D eigenvalue weighted by Crippen LogP contribution is -2.42. The number of hydrogen-bond acceptors (Lipinski definition) is 3. The Morgan fingerprint density at radius 2 is 2.05 bits per heavy atom. The Kier molecular flexibility index (Phi) is 5.23. The summed E-state index contributed by atoms with van der Waals surface area (Å²) in [7, 11) is 0. The first-order valence-corrected chi connectivity index (χ1v) is 7.44. The first-order chi connectivity index (χ1) is 9.22. The topological polar surface area (TPSA) is 38.5 Å². The largest absolute Gasteiger partial charge is 0.375 e. The van der Waals surface area contributed by atoms with E-state index in [0.29, 0.717) is 6.10 Å². The highest BCUT2D eigenvalue weighted by molar-refractivity contribution is 5.48. The van der Waals surface area contributed by atoms with Gasteiger partial charge >= 0.3 is 0 Å². The number of hydrogen-bond donors (Lipinski definition) is 1. The molecule has 19 heavy (non-hydrogen) atoms. The van der Waals surface area contributed by atoms with E-state index < -0.39 is 0 Å². The van der Waals surface area contributed by atoms with Gasteiger partial charge in [0.25, 0.3) is 0 Å². The molecule has 3 nitrogen and oxygen atoms in total. The number of anilines is 1. The van der Waals surface area contributed by atoms with Crippen LogP contribution in [0.1, 0.15) is 32.3 Å². The van der Waals surface area contributed by atoms with Crippen molar-refractivity contribution >= 4 is 5.69 Å². The Morgan fingerprint density at radius 1 is 1.32 bits per heavy atom. The molecule has 0 radical (unpaired) electrons. The average Bonchev–Trinajstić information content (AvgIpc) is 2.48. The van der Waals surface area contributed by atoms with Crippen LogP contribution in [0.3, 0.4) is 0 Å². The van der Waals surface area contributed by atoms with Gasteiger partial charge in [0.05, 0.1) is 12.7 Å². The lowest BCUT2D eigenvalue weighted by molar-refractivity contribution is 0.0384. The summed E-state index contributed by atoms with van der Waals surface area (Å²) in [5, 5.41) is 0. The van der Waals surface area contributed by atoms with Gasteiger partial charge in [0, 0.05) is 24.8 Å². The van der Waals surface area contributed by atoms with Crippen LogP contribution in [0, 0.1) is 0 Å². The van der Waals surface area contributed by atoms with Crippen molar-refractivity contribution in [1.29, 1.82) is 0 Å². The second-order valence-electron chi connectivity index (χ2n) is 5.39. The van der Waals surface area contributed by atoms with Crippen LogP contribution < -0.4 is 10.6 Å². The highest BCUT2D eigenvalue weighted by Gasteiger charge is 2.18. The van der Waals surface area contributed by atoms with Crippen LogP contribution >= 0.6 is 0 Å². The third-order valence-corrected chi connectivity index (χ3v) is 3.92. The van der Waals surface area contributed by atoms with Crippen molar-refractivity contribution in [2.45, 2.75) is 45.3 Å². The van der Waals surface area contributed by atoms with E-state index in [1.807, 2.05) is 0 Å². The third-order valence-electron chi connectivity index (χ3n) is 3.92. The van der Waals surface area contributed by atoms with E-state index in [0.717, 1.165) is 39.0 Å². The second kappa shape index (κ2) is 6.92. The van der Waals surface area contributed by atoms with Gasteiger partial charge < -0.3 is 15.4 Å². The maximum Gasteiger partial charge on any atom is 0.0748 e. The Bertz CT molecular complexity index is 377. The molecule has 1 saturated heterocycles. The highest BCUT2D eigenvalue weighted by atomic mass is 16.5. The summed E-state index contributed by atoms with van der Waals surface area (Å²) in [4.78, 5) is 2.42. The zero-order valence-corrected chi connectivity index (χ0v) is 12.1. The second-order valence-corrected chi connectivity index (χ2v) is 5.39. The van der Waals surface area contributed by atoms with Crippen molar-refractivity contribution in [2.24, 2.45) is 5.73 Å². The predicted octanol–water partition coefficient (Wildman–Crippen LogP) is 2.58. The lowest BCUT2D eigenvalue weighted by Gasteiger charge is -2.34. The summed E-state index contributed by atoms with van der Waals surface area (Å²) in [6.07, 6.45) is 3.46. The van der Waals surface area contributed by atoms with E-state index in [4.69, 9.17) is 10.5 Å². The Labute approximate surface area is 116 Å². The highest BCUT2D eigenvalue weighted by Crippen LogP contribution is 2.20. The molecule has 106 valence electrons. The zero-order valence-electron chi connectivity index (χ0n) is 12.1. The minimum absolute atomic E-state index is 0.277. The number of morpholine rings is 1. The molecule has 1 aliphatic heterocycles. The molecule has 1 heterocycles. The molecule has 1 aromatic rings. The number of nitrogens with zero attached hydrogens (tertiary/aromatic N) is 1. The molecule has 1 fully saturated rings. The molecule has 2 N–H and O–H groups in total. The number of ether oxygens (including phenoxy) is 1. The summed E-state index contributed by atoms with van der Waals surface area (Å²) in [5.74, 6) is 0. The van der Waals surface area contributed by atoms with Gasteiger partial charge in [-0.05, 0) is 37.0 Å². The molecule has 0 saturated carbocycles. The van der Waals surface area contributed by atoms with Crippen LogP contribution in [-0.4, -0.2) is 31.8 Å². The molecular weight excluding hydrogens is 236 g/mol. The molecule has 0 bridgehead atoms. The van der Waals surface area contributed by atoms with Crippen molar-refractivity contribution in [3.63, 3.8) is 0 Å². The summed E-state index contributed by atoms with van der Waals surface area (Å²) in [5.41, 5.74) is 8.63. The fourth-order valence-corrected chi connectivity index (χ4v) is 2.49. The first-order valence-electron chi connectivity index (χ1n) is 7.44. The van der Waals surface area contributed by atoms with Gasteiger partial charge in [0.1, 0.15) is 0 Å². The van der Waals surface area contributed by atoms with Gasteiger partial charge in [0.2, 0.25) is 0 Å². The van der Waals surface area contributed by atoms with Crippen LogP contribution in [0.4, 0.5) is 5.69 Å². The third kappa shape index (κ3) is 3.95. The molecule has 0 aliphatic carbocycles. The van der Waals surface area contributed by atoms with E-state index in [1.54, 1.807) is 0 Å². The van der Waals surface area contributed by atoms with Gasteiger partial charge in [0.15, 0.2) is 0 Å². The minimum Gasteiger partial charge on any atom is -0.375 e. The van der Waals surface area contributed by atoms with Crippen molar-refractivity contribution in [2.75, 3.05) is 24.6 Å². The molecular formula is C16H26N2O. The Morgan fingerprint density at radius 3 is 2.68 bits per heavy atom. The van der Waals surface area contributed by atoms with Crippen molar-refractivity contribution in [3.05, 3.63) is 29.8 Å². The standard InChI is InChI=1S/C16H26N2O/c1-3-14(17)11-13-5-7-15(8-6-13)18-9-10-19-16(4-2)12-18/h5-8,14,16H,3-4,9-12,17H2,1-2H3.